The average Bonchev–Trinajstić information content (AvgIpc) is 3.12. The monoisotopic (exact) mass is 343 g/mol. The summed E-state index contributed by atoms with van der Waals surface area (Å²) in [4.78, 5) is 12.3. The molecule has 0 radical (unpaired) electrons. The van der Waals surface area contributed by atoms with E-state index in [1.54, 1.807) is 21.6 Å². The predicted molar refractivity (Wildman–Crippen MR) is 93.6 cm³/mol. The van der Waals surface area contributed by atoms with Crippen molar-refractivity contribution in [2.75, 3.05) is 5.32 Å². The Balaban J connectivity index is 1.74. The molecule has 6 nitrogen and oxygen atoms in total. The molecule has 1 amide bonds. The van der Waals surface area contributed by atoms with E-state index >= 15 is 0 Å². The lowest BCUT2D eigenvalue weighted by molar-refractivity contribution is -0.115. The minimum atomic E-state index is -0.0999. The molecule has 24 heavy (non-hydrogen) atoms. The van der Waals surface area contributed by atoms with E-state index in [4.69, 9.17) is 11.6 Å². The van der Waals surface area contributed by atoms with Gasteiger partial charge in [0.1, 0.15) is 0 Å². The maximum Gasteiger partial charge on any atom is 0.228 e. The number of aromatic nitrogens is 4. The highest BCUT2D eigenvalue weighted by Crippen LogP contribution is 2.24. The Hall–Kier alpha value is -2.60. The molecule has 2 heterocycles. The van der Waals surface area contributed by atoms with Crippen LogP contribution in [0.25, 0.3) is 5.69 Å². The number of benzene rings is 1. The Morgan fingerprint density at radius 1 is 1.33 bits per heavy atom. The maximum atomic E-state index is 12.3. The molecule has 0 bridgehead atoms. The summed E-state index contributed by atoms with van der Waals surface area (Å²) in [6.45, 7) is 3.86. The second-order valence-corrected chi connectivity index (χ2v) is 6.02. The minimum absolute atomic E-state index is 0.0999. The SMILES string of the molecule is Cc1nn(C)c(C)c1CC(=O)Nc1ccc(-n2cccn2)c(Cl)c1. The van der Waals surface area contributed by atoms with Crippen molar-refractivity contribution in [3.05, 3.63) is 58.6 Å². The molecule has 2 aromatic heterocycles. The van der Waals surface area contributed by atoms with Crippen molar-refractivity contribution in [3.63, 3.8) is 0 Å². The van der Waals surface area contributed by atoms with E-state index in [1.165, 1.54) is 0 Å². The fraction of sp³-hybridized carbons (Fsp3) is 0.235. The number of nitrogens with zero attached hydrogens (tertiary/aromatic N) is 4. The normalized spacial score (nSPS) is 10.8. The second-order valence-electron chi connectivity index (χ2n) is 5.61. The van der Waals surface area contributed by atoms with Crippen molar-refractivity contribution in [1.29, 1.82) is 0 Å². The number of anilines is 1. The highest BCUT2D eigenvalue weighted by atomic mass is 35.5. The van der Waals surface area contributed by atoms with E-state index < -0.39 is 0 Å². The van der Waals surface area contributed by atoms with Crippen LogP contribution in [0.2, 0.25) is 5.02 Å². The summed E-state index contributed by atoms with van der Waals surface area (Å²) in [5.74, 6) is -0.0999. The number of hydrogen-bond acceptors (Lipinski definition) is 3. The summed E-state index contributed by atoms with van der Waals surface area (Å²) in [5.41, 5.74) is 4.24. The Morgan fingerprint density at radius 2 is 2.12 bits per heavy atom. The van der Waals surface area contributed by atoms with Gasteiger partial charge in [-0.2, -0.15) is 10.2 Å². The number of carbonyl (C=O) groups excluding carboxylic acids is 1. The zero-order valence-corrected chi connectivity index (χ0v) is 14.5. The summed E-state index contributed by atoms with van der Waals surface area (Å²) in [5, 5.41) is 11.9. The molecule has 124 valence electrons. The zero-order valence-electron chi connectivity index (χ0n) is 13.7. The molecule has 1 aromatic carbocycles. The standard InChI is InChI=1S/C17H18ClN5O/c1-11-14(12(2)22(3)21-11)10-17(24)20-13-5-6-16(15(18)9-13)23-8-4-7-19-23/h4-9H,10H2,1-3H3,(H,20,24). The van der Waals surface area contributed by atoms with Crippen LogP contribution in [0.4, 0.5) is 5.69 Å². The summed E-state index contributed by atoms with van der Waals surface area (Å²) < 4.78 is 3.46. The number of nitrogens with one attached hydrogen (secondary N) is 1. The van der Waals surface area contributed by atoms with Crippen LogP contribution < -0.4 is 5.32 Å². The van der Waals surface area contributed by atoms with Crippen LogP contribution in [0.15, 0.2) is 36.7 Å². The van der Waals surface area contributed by atoms with Gasteiger partial charge in [-0.15, -0.1) is 0 Å². The Kier molecular flexibility index (Phi) is 4.40. The van der Waals surface area contributed by atoms with E-state index in [1.807, 2.05) is 45.3 Å². The number of amides is 1. The number of rotatable bonds is 4. The smallest absolute Gasteiger partial charge is 0.228 e. The Morgan fingerprint density at radius 3 is 2.71 bits per heavy atom. The predicted octanol–water partition coefficient (Wildman–Crippen LogP) is 3.06. The van der Waals surface area contributed by atoms with Crippen molar-refractivity contribution in [1.82, 2.24) is 19.6 Å². The highest BCUT2D eigenvalue weighted by molar-refractivity contribution is 6.32. The first-order valence-electron chi connectivity index (χ1n) is 7.54. The van der Waals surface area contributed by atoms with Gasteiger partial charge in [0.05, 0.1) is 22.8 Å². The molecule has 0 atom stereocenters. The van der Waals surface area contributed by atoms with E-state index in [9.17, 15) is 4.79 Å². The molecule has 0 unspecified atom stereocenters. The molecule has 3 rings (SSSR count). The number of hydrogen-bond donors (Lipinski definition) is 1. The third-order valence-corrected chi connectivity index (χ3v) is 4.28. The molecule has 7 heteroatoms. The Bertz CT molecular complexity index is 883. The van der Waals surface area contributed by atoms with Gasteiger partial charge in [-0.3, -0.25) is 9.48 Å². The molecular formula is C17H18ClN5O. The summed E-state index contributed by atoms with van der Waals surface area (Å²) in [6.07, 6.45) is 3.78. The number of carbonyl (C=O) groups is 1. The third-order valence-electron chi connectivity index (χ3n) is 3.98. The van der Waals surface area contributed by atoms with Gasteiger partial charge >= 0.3 is 0 Å². The maximum absolute atomic E-state index is 12.3. The molecule has 0 fully saturated rings. The van der Waals surface area contributed by atoms with Crippen LogP contribution in [0, 0.1) is 13.8 Å². The molecule has 3 aromatic rings. The topological polar surface area (TPSA) is 64.7 Å². The largest absolute Gasteiger partial charge is 0.326 e. The van der Waals surface area contributed by atoms with E-state index in [2.05, 4.69) is 15.5 Å². The van der Waals surface area contributed by atoms with Crippen LogP contribution in [-0.2, 0) is 18.3 Å². The molecule has 0 spiro atoms. The second kappa shape index (κ2) is 6.49. The van der Waals surface area contributed by atoms with Crippen LogP contribution in [-0.4, -0.2) is 25.5 Å². The minimum Gasteiger partial charge on any atom is -0.326 e. The van der Waals surface area contributed by atoms with Crippen molar-refractivity contribution in [2.24, 2.45) is 7.05 Å². The quantitative estimate of drug-likeness (QED) is 0.791. The van der Waals surface area contributed by atoms with Gasteiger partial charge in [-0.1, -0.05) is 11.6 Å². The molecule has 0 saturated heterocycles. The van der Waals surface area contributed by atoms with Gasteiger partial charge in [0.25, 0.3) is 0 Å². The molecule has 0 aliphatic heterocycles. The lowest BCUT2D eigenvalue weighted by Gasteiger charge is -2.09. The first-order chi connectivity index (χ1) is 11.5. The van der Waals surface area contributed by atoms with Gasteiger partial charge in [-0.25, -0.2) is 4.68 Å². The van der Waals surface area contributed by atoms with Crippen molar-refractivity contribution >= 4 is 23.2 Å². The Labute approximate surface area is 145 Å². The van der Waals surface area contributed by atoms with Crippen molar-refractivity contribution in [3.8, 4) is 5.69 Å². The summed E-state index contributed by atoms with van der Waals surface area (Å²) in [6, 6.07) is 7.18. The van der Waals surface area contributed by atoms with E-state index in [0.29, 0.717) is 10.7 Å². The van der Waals surface area contributed by atoms with Crippen LogP contribution >= 0.6 is 11.6 Å². The molecule has 0 aliphatic rings. The van der Waals surface area contributed by atoms with Crippen molar-refractivity contribution < 1.29 is 4.79 Å². The molecule has 0 aliphatic carbocycles. The lowest BCUT2D eigenvalue weighted by Crippen LogP contribution is -2.15. The first kappa shape index (κ1) is 16.3. The molecule has 0 saturated carbocycles. The third kappa shape index (κ3) is 3.19. The fourth-order valence-electron chi connectivity index (χ4n) is 2.62. The van der Waals surface area contributed by atoms with Crippen molar-refractivity contribution in [2.45, 2.75) is 20.3 Å². The van der Waals surface area contributed by atoms with Gasteiger partial charge in [0.2, 0.25) is 5.91 Å². The van der Waals surface area contributed by atoms with Crippen LogP contribution in [0.3, 0.4) is 0 Å². The number of halogens is 1. The summed E-state index contributed by atoms with van der Waals surface area (Å²) >= 11 is 6.29. The van der Waals surface area contributed by atoms with E-state index in [-0.39, 0.29) is 12.3 Å². The first-order valence-corrected chi connectivity index (χ1v) is 7.92. The highest BCUT2D eigenvalue weighted by Gasteiger charge is 2.14. The van der Waals surface area contributed by atoms with Crippen LogP contribution in [0.1, 0.15) is 17.0 Å². The lowest BCUT2D eigenvalue weighted by atomic mass is 10.1. The summed E-state index contributed by atoms with van der Waals surface area (Å²) in [7, 11) is 1.87. The zero-order chi connectivity index (χ0) is 17.3. The fourth-order valence-corrected chi connectivity index (χ4v) is 2.89. The van der Waals surface area contributed by atoms with Gasteiger partial charge < -0.3 is 5.32 Å². The average molecular weight is 344 g/mol. The van der Waals surface area contributed by atoms with E-state index in [0.717, 1.165) is 22.6 Å². The van der Waals surface area contributed by atoms with Gasteiger partial charge in [0.15, 0.2) is 0 Å². The van der Waals surface area contributed by atoms with Gasteiger partial charge in [-0.05, 0) is 38.1 Å². The number of aryl methyl sites for hydroxylation is 2. The van der Waals surface area contributed by atoms with Gasteiger partial charge in [0, 0.05) is 36.4 Å². The van der Waals surface area contributed by atoms with Crippen LogP contribution in [0.5, 0.6) is 0 Å². The molecule has 1 N–H and O–H groups in total. The molecular weight excluding hydrogens is 326 g/mol.